The lowest BCUT2D eigenvalue weighted by Crippen LogP contribution is -3.14. The maximum absolute atomic E-state index is 13.6. The number of benzene rings is 1. The molecule has 1 rings (SSSR count). The van der Waals surface area contributed by atoms with E-state index in [0.717, 1.165) is 4.90 Å². The first-order chi connectivity index (χ1) is 10.3. The van der Waals surface area contributed by atoms with E-state index in [1.807, 2.05) is 20.8 Å². The number of hydrogen-bond donors (Lipinski definition) is 3. The summed E-state index contributed by atoms with van der Waals surface area (Å²) in [6, 6.07) is 4.01. The zero-order valence-electron chi connectivity index (χ0n) is 13.0. The van der Waals surface area contributed by atoms with Crippen LogP contribution >= 0.6 is 11.6 Å². The zero-order chi connectivity index (χ0) is 16.7. The second-order valence-corrected chi connectivity index (χ2v) is 5.79. The average molecular weight is 331 g/mol. The normalized spacial score (nSPS) is 12.1. The van der Waals surface area contributed by atoms with Gasteiger partial charge in [0.2, 0.25) is 0 Å². The van der Waals surface area contributed by atoms with Gasteiger partial charge in [-0.3, -0.25) is 9.59 Å². The maximum atomic E-state index is 13.6. The number of quaternary nitrogens is 1. The van der Waals surface area contributed by atoms with E-state index in [0.29, 0.717) is 11.6 Å². The van der Waals surface area contributed by atoms with Gasteiger partial charge in [-0.1, -0.05) is 11.6 Å². The highest BCUT2D eigenvalue weighted by atomic mass is 35.5. The highest BCUT2D eigenvalue weighted by Crippen LogP contribution is 2.19. The summed E-state index contributed by atoms with van der Waals surface area (Å²) in [7, 11) is 0. The molecule has 0 aliphatic carbocycles. The second kappa shape index (κ2) is 8.70. The van der Waals surface area contributed by atoms with Gasteiger partial charge in [-0.05, 0) is 39.0 Å². The molecule has 0 aromatic heterocycles. The van der Waals surface area contributed by atoms with Crippen molar-refractivity contribution in [3.05, 3.63) is 29.0 Å². The van der Waals surface area contributed by atoms with E-state index in [1.54, 1.807) is 0 Å². The minimum absolute atomic E-state index is 0.0413. The molecule has 0 saturated carbocycles. The molecule has 0 saturated heterocycles. The zero-order valence-corrected chi connectivity index (χ0v) is 13.8. The standard InChI is InChI=1S/C15H21ClFN3O2/c1-4-20(8-14(21)18-10(2)3)9-15(22)19-13-7-11(16)5-6-12(13)17/h5-7,10H,4,8-9H2,1-3H3,(H,18,21)(H,19,22)/p+1. The minimum Gasteiger partial charge on any atom is -0.349 e. The summed E-state index contributed by atoms with van der Waals surface area (Å²) in [6.45, 7) is 6.51. The first kappa shape index (κ1) is 18.4. The van der Waals surface area contributed by atoms with Crippen LogP contribution in [0.15, 0.2) is 18.2 Å². The van der Waals surface area contributed by atoms with E-state index in [2.05, 4.69) is 10.6 Å². The van der Waals surface area contributed by atoms with Gasteiger partial charge in [-0.15, -0.1) is 0 Å². The summed E-state index contributed by atoms with van der Waals surface area (Å²) in [5.41, 5.74) is 0.0413. The van der Waals surface area contributed by atoms with Crippen molar-refractivity contribution < 1.29 is 18.9 Å². The SMILES string of the molecule is CC[NH+](CC(=O)Nc1cc(Cl)ccc1F)CC(=O)NC(C)C. The number of rotatable bonds is 7. The Morgan fingerprint density at radius 2 is 1.91 bits per heavy atom. The van der Waals surface area contributed by atoms with Crippen molar-refractivity contribution in [1.82, 2.24) is 5.32 Å². The number of hydrogen-bond acceptors (Lipinski definition) is 2. The average Bonchev–Trinajstić information content (AvgIpc) is 2.41. The van der Waals surface area contributed by atoms with Crippen molar-refractivity contribution in [2.24, 2.45) is 0 Å². The molecule has 1 unspecified atom stereocenters. The topological polar surface area (TPSA) is 62.6 Å². The van der Waals surface area contributed by atoms with Crippen LogP contribution in [0.25, 0.3) is 0 Å². The number of likely N-dealkylation sites (N-methyl/N-ethyl adjacent to an activating group) is 1. The molecule has 0 fully saturated rings. The van der Waals surface area contributed by atoms with Gasteiger partial charge in [0, 0.05) is 11.1 Å². The predicted octanol–water partition coefficient (Wildman–Crippen LogP) is 0.847. The monoisotopic (exact) mass is 330 g/mol. The molecule has 0 bridgehead atoms. The molecule has 1 aromatic rings. The highest BCUT2D eigenvalue weighted by Gasteiger charge is 2.18. The number of amides is 2. The summed E-state index contributed by atoms with van der Waals surface area (Å²) in [5.74, 6) is -1.03. The lowest BCUT2D eigenvalue weighted by atomic mass is 10.3. The lowest BCUT2D eigenvalue weighted by Gasteiger charge is -2.18. The van der Waals surface area contributed by atoms with Gasteiger partial charge in [0.1, 0.15) is 5.82 Å². The summed E-state index contributed by atoms with van der Waals surface area (Å²) >= 11 is 5.77. The van der Waals surface area contributed by atoms with Gasteiger partial charge in [0.05, 0.1) is 12.2 Å². The molecule has 2 amide bonds. The molecule has 1 atom stereocenters. The van der Waals surface area contributed by atoms with Crippen LogP contribution in [0.4, 0.5) is 10.1 Å². The molecule has 22 heavy (non-hydrogen) atoms. The van der Waals surface area contributed by atoms with Crippen molar-refractivity contribution in [1.29, 1.82) is 0 Å². The Kier molecular flexibility index (Phi) is 7.27. The lowest BCUT2D eigenvalue weighted by molar-refractivity contribution is -0.881. The molecule has 5 nitrogen and oxygen atoms in total. The third kappa shape index (κ3) is 6.41. The molecule has 0 heterocycles. The number of nitrogens with one attached hydrogen (secondary N) is 3. The number of anilines is 1. The molecule has 122 valence electrons. The first-order valence-electron chi connectivity index (χ1n) is 7.19. The maximum Gasteiger partial charge on any atom is 0.279 e. The van der Waals surface area contributed by atoms with E-state index < -0.39 is 5.82 Å². The highest BCUT2D eigenvalue weighted by molar-refractivity contribution is 6.30. The minimum atomic E-state index is -0.548. The van der Waals surface area contributed by atoms with E-state index in [1.165, 1.54) is 18.2 Å². The van der Waals surface area contributed by atoms with E-state index in [-0.39, 0.29) is 36.6 Å². The Labute approximate surface area is 134 Å². The first-order valence-corrected chi connectivity index (χ1v) is 7.57. The van der Waals surface area contributed by atoms with E-state index in [9.17, 15) is 14.0 Å². The Morgan fingerprint density at radius 1 is 1.27 bits per heavy atom. The van der Waals surface area contributed by atoms with Crippen molar-refractivity contribution in [2.75, 3.05) is 25.0 Å². The molecule has 3 N–H and O–H groups in total. The molecular formula is C15H22ClFN3O2+. The van der Waals surface area contributed by atoms with Crippen LogP contribution in [-0.2, 0) is 9.59 Å². The fourth-order valence-corrected chi connectivity index (χ4v) is 2.10. The van der Waals surface area contributed by atoms with Gasteiger partial charge in [0.15, 0.2) is 13.1 Å². The third-order valence-electron chi connectivity index (χ3n) is 2.97. The quantitative estimate of drug-likeness (QED) is 0.694. The van der Waals surface area contributed by atoms with E-state index in [4.69, 9.17) is 11.6 Å². The second-order valence-electron chi connectivity index (χ2n) is 5.35. The number of carbonyl (C=O) groups excluding carboxylic acids is 2. The van der Waals surface area contributed by atoms with Crippen LogP contribution in [0.1, 0.15) is 20.8 Å². The van der Waals surface area contributed by atoms with Crippen molar-refractivity contribution in [3.63, 3.8) is 0 Å². The molecule has 0 radical (unpaired) electrons. The van der Waals surface area contributed by atoms with Crippen LogP contribution in [0, 0.1) is 5.82 Å². The van der Waals surface area contributed by atoms with E-state index >= 15 is 0 Å². The van der Waals surface area contributed by atoms with Gasteiger partial charge in [-0.25, -0.2) is 4.39 Å². The van der Waals surface area contributed by atoms with Crippen molar-refractivity contribution in [3.8, 4) is 0 Å². The van der Waals surface area contributed by atoms with Gasteiger partial charge >= 0.3 is 0 Å². The molecule has 0 spiro atoms. The summed E-state index contributed by atoms with van der Waals surface area (Å²) < 4.78 is 13.6. The molecule has 7 heteroatoms. The van der Waals surface area contributed by atoms with Crippen molar-refractivity contribution in [2.45, 2.75) is 26.8 Å². The van der Waals surface area contributed by atoms with Gasteiger partial charge in [-0.2, -0.15) is 0 Å². The van der Waals surface area contributed by atoms with Crippen LogP contribution in [-0.4, -0.2) is 37.5 Å². The Morgan fingerprint density at radius 3 is 2.50 bits per heavy atom. The van der Waals surface area contributed by atoms with Gasteiger partial charge in [0.25, 0.3) is 11.8 Å². The third-order valence-corrected chi connectivity index (χ3v) is 3.21. The van der Waals surface area contributed by atoms with Crippen LogP contribution < -0.4 is 15.5 Å². The van der Waals surface area contributed by atoms with Crippen LogP contribution in [0.3, 0.4) is 0 Å². The van der Waals surface area contributed by atoms with Crippen molar-refractivity contribution >= 4 is 29.1 Å². The molecule has 1 aromatic carbocycles. The predicted molar refractivity (Wildman–Crippen MR) is 84.6 cm³/mol. The smallest absolute Gasteiger partial charge is 0.279 e. The summed E-state index contributed by atoms with van der Waals surface area (Å²) in [5, 5.41) is 5.60. The number of halogens is 2. The Hall–Kier alpha value is -1.66. The fourth-order valence-electron chi connectivity index (χ4n) is 1.93. The Balaban J connectivity index is 2.58. The largest absolute Gasteiger partial charge is 0.349 e. The molecular weight excluding hydrogens is 309 g/mol. The summed E-state index contributed by atoms with van der Waals surface area (Å²) in [6.07, 6.45) is 0. The Bertz CT molecular complexity index is 538. The van der Waals surface area contributed by atoms with Crippen LogP contribution in [0.2, 0.25) is 5.02 Å². The van der Waals surface area contributed by atoms with Gasteiger partial charge < -0.3 is 15.5 Å². The van der Waals surface area contributed by atoms with Crippen LogP contribution in [0.5, 0.6) is 0 Å². The molecule has 0 aliphatic rings. The summed E-state index contributed by atoms with van der Waals surface area (Å²) in [4.78, 5) is 24.5. The molecule has 0 aliphatic heterocycles. The fraction of sp³-hybridized carbons (Fsp3) is 0.467. The number of carbonyl (C=O) groups is 2.